The highest BCUT2D eigenvalue weighted by Gasteiger charge is 2.10. The minimum Gasteiger partial charge on any atom is -0.395 e. The van der Waals surface area contributed by atoms with E-state index < -0.39 is 0 Å². The number of nitriles is 1. The average Bonchev–Trinajstić information content (AvgIpc) is 2.68. The van der Waals surface area contributed by atoms with Gasteiger partial charge in [0, 0.05) is 25.6 Å². The Morgan fingerprint density at radius 2 is 2.25 bits per heavy atom. The molecule has 0 aliphatic carbocycles. The molecule has 0 atom stereocenters. The van der Waals surface area contributed by atoms with Crippen molar-refractivity contribution in [1.82, 2.24) is 14.5 Å². The topological polar surface area (TPSA) is 80.5 Å². The van der Waals surface area contributed by atoms with Gasteiger partial charge < -0.3 is 10.3 Å². The maximum Gasteiger partial charge on any atom is 0.174 e. The van der Waals surface area contributed by atoms with E-state index in [0.29, 0.717) is 16.3 Å². The Bertz CT molecular complexity index is 555. The molecule has 0 spiro atoms. The number of hydrogen-bond acceptors (Lipinski definition) is 5. The molecule has 2 rings (SSSR count). The fourth-order valence-corrected chi connectivity index (χ4v) is 1.99. The lowest BCUT2D eigenvalue weighted by atomic mass is 10.2. The molecule has 0 saturated carbocycles. The lowest BCUT2D eigenvalue weighted by Gasteiger charge is -2.04. The molecule has 2 heterocycles. The number of nitrogen functional groups attached to an aromatic ring is 1. The van der Waals surface area contributed by atoms with Crippen molar-refractivity contribution < 1.29 is 0 Å². The molecule has 0 saturated heterocycles. The van der Waals surface area contributed by atoms with Crippen LogP contribution in [-0.2, 0) is 7.05 Å². The van der Waals surface area contributed by atoms with Crippen LogP contribution in [0.3, 0.4) is 0 Å². The molecule has 0 radical (unpaired) electrons. The van der Waals surface area contributed by atoms with E-state index in [1.807, 2.05) is 23.9 Å². The molecule has 16 heavy (non-hydrogen) atoms. The first-order valence-electron chi connectivity index (χ1n) is 4.52. The number of anilines is 1. The lowest BCUT2D eigenvalue weighted by Crippen LogP contribution is -1.97. The first-order valence-corrected chi connectivity index (χ1v) is 5.33. The van der Waals surface area contributed by atoms with Gasteiger partial charge in [-0.15, -0.1) is 0 Å². The third-order valence-electron chi connectivity index (χ3n) is 2.04. The van der Waals surface area contributed by atoms with E-state index in [-0.39, 0.29) is 0 Å². The van der Waals surface area contributed by atoms with Crippen LogP contribution >= 0.6 is 11.8 Å². The van der Waals surface area contributed by atoms with Crippen LogP contribution in [0.5, 0.6) is 0 Å². The third-order valence-corrected chi connectivity index (χ3v) is 3.13. The average molecular weight is 231 g/mol. The number of aryl methyl sites for hydroxylation is 1. The van der Waals surface area contributed by atoms with Crippen molar-refractivity contribution in [2.75, 3.05) is 5.73 Å². The van der Waals surface area contributed by atoms with E-state index in [9.17, 15) is 0 Å². The zero-order chi connectivity index (χ0) is 11.5. The van der Waals surface area contributed by atoms with Gasteiger partial charge >= 0.3 is 0 Å². The van der Waals surface area contributed by atoms with Gasteiger partial charge in [-0.3, -0.25) is 0 Å². The summed E-state index contributed by atoms with van der Waals surface area (Å²) in [6.45, 7) is 0. The second-order valence-corrected chi connectivity index (χ2v) is 4.07. The summed E-state index contributed by atoms with van der Waals surface area (Å²) < 4.78 is 1.87. The minimum atomic E-state index is 0.401. The van der Waals surface area contributed by atoms with E-state index in [1.54, 1.807) is 18.5 Å². The van der Waals surface area contributed by atoms with Gasteiger partial charge in [-0.05, 0) is 17.8 Å². The summed E-state index contributed by atoms with van der Waals surface area (Å²) in [6, 6.07) is 3.62. The summed E-state index contributed by atoms with van der Waals surface area (Å²) in [6.07, 6.45) is 5.11. The smallest absolute Gasteiger partial charge is 0.174 e. The van der Waals surface area contributed by atoms with Crippen molar-refractivity contribution in [1.29, 1.82) is 5.26 Å². The van der Waals surface area contributed by atoms with Crippen molar-refractivity contribution in [2.24, 2.45) is 7.05 Å². The molecule has 2 aromatic rings. The number of nitrogens with two attached hydrogens (primary N) is 1. The van der Waals surface area contributed by atoms with Crippen LogP contribution in [0.4, 0.5) is 5.69 Å². The minimum absolute atomic E-state index is 0.401. The highest BCUT2D eigenvalue weighted by Crippen LogP contribution is 2.29. The van der Waals surface area contributed by atoms with Gasteiger partial charge in [0.1, 0.15) is 11.1 Å². The van der Waals surface area contributed by atoms with E-state index in [0.717, 1.165) is 5.16 Å². The van der Waals surface area contributed by atoms with Gasteiger partial charge in [0.25, 0.3) is 0 Å². The Morgan fingerprint density at radius 3 is 2.88 bits per heavy atom. The molecule has 0 bridgehead atoms. The normalized spacial score (nSPS) is 10.0. The number of nitrogens with zero attached hydrogens (tertiary/aromatic N) is 4. The molecule has 5 nitrogen and oxygen atoms in total. The summed E-state index contributed by atoms with van der Waals surface area (Å²) in [4.78, 5) is 8.29. The Morgan fingerprint density at radius 1 is 1.44 bits per heavy atom. The predicted octanol–water partition coefficient (Wildman–Crippen LogP) is 1.42. The summed E-state index contributed by atoms with van der Waals surface area (Å²) >= 11 is 1.34. The van der Waals surface area contributed by atoms with Crippen LogP contribution in [0.15, 0.2) is 34.8 Å². The SMILES string of the molecule is Cn1ccnc1Sc1nccc(C#N)c1N. The fraction of sp³-hybridized carbons (Fsp3) is 0.100. The van der Waals surface area contributed by atoms with Crippen molar-refractivity contribution in [3.05, 3.63) is 30.2 Å². The van der Waals surface area contributed by atoms with Crippen LogP contribution in [0.1, 0.15) is 5.56 Å². The van der Waals surface area contributed by atoms with Crippen molar-refractivity contribution in [2.45, 2.75) is 10.2 Å². The number of pyridine rings is 1. The Kier molecular flexibility index (Phi) is 2.79. The largest absolute Gasteiger partial charge is 0.395 e. The van der Waals surface area contributed by atoms with Crippen molar-refractivity contribution in [3.8, 4) is 6.07 Å². The molecule has 0 aliphatic rings. The molecule has 0 amide bonds. The Hall–Kier alpha value is -2.00. The standard InChI is InChI=1S/C10H9N5S/c1-15-5-4-14-10(15)16-9-8(12)7(6-11)2-3-13-9/h2-5H,12H2,1H3. The van der Waals surface area contributed by atoms with E-state index >= 15 is 0 Å². The van der Waals surface area contributed by atoms with Gasteiger partial charge in [-0.25, -0.2) is 9.97 Å². The zero-order valence-corrected chi connectivity index (χ0v) is 9.40. The fourth-order valence-electron chi connectivity index (χ4n) is 1.17. The monoisotopic (exact) mass is 231 g/mol. The third kappa shape index (κ3) is 1.85. The second-order valence-electron chi connectivity index (χ2n) is 3.11. The van der Waals surface area contributed by atoms with Gasteiger partial charge in [-0.1, -0.05) is 0 Å². The molecule has 0 fully saturated rings. The second kappa shape index (κ2) is 4.24. The number of hydrogen-bond donors (Lipinski definition) is 1. The number of aromatic nitrogens is 3. The number of rotatable bonds is 2. The molecule has 0 aromatic carbocycles. The molecule has 0 unspecified atom stereocenters. The van der Waals surface area contributed by atoms with Crippen LogP contribution < -0.4 is 5.73 Å². The highest BCUT2D eigenvalue weighted by molar-refractivity contribution is 7.99. The lowest BCUT2D eigenvalue weighted by molar-refractivity contribution is 0.789. The first-order chi connectivity index (χ1) is 7.72. The van der Waals surface area contributed by atoms with Gasteiger partial charge in [0.2, 0.25) is 0 Å². The molecule has 0 aliphatic heterocycles. The zero-order valence-electron chi connectivity index (χ0n) is 8.58. The van der Waals surface area contributed by atoms with Crippen LogP contribution in [0.2, 0.25) is 0 Å². The Labute approximate surface area is 96.9 Å². The van der Waals surface area contributed by atoms with Crippen LogP contribution in [0.25, 0.3) is 0 Å². The first kappa shape index (κ1) is 10.5. The summed E-state index contributed by atoms with van der Waals surface area (Å²) in [7, 11) is 1.89. The molecule has 6 heteroatoms. The van der Waals surface area contributed by atoms with Gasteiger partial charge in [0.05, 0.1) is 11.3 Å². The quantitative estimate of drug-likeness (QED) is 0.845. The van der Waals surface area contributed by atoms with Gasteiger partial charge in [-0.2, -0.15) is 5.26 Å². The van der Waals surface area contributed by atoms with E-state index in [2.05, 4.69) is 9.97 Å². The summed E-state index contributed by atoms with van der Waals surface area (Å²) in [5.74, 6) is 0. The van der Waals surface area contributed by atoms with Crippen LogP contribution in [-0.4, -0.2) is 14.5 Å². The molecule has 2 N–H and O–H groups in total. The van der Waals surface area contributed by atoms with Gasteiger partial charge in [0.15, 0.2) is 5.16 Å². The molecular formula is C10H9N5S. The predicted molar refractivity (Wildman–Crippen MR) is 60.7 cm³/mol. The number of imidazole rings is 1. The molecular weight excluding hydrogens is 222 g/mol. The van der Waals surface area contributed by atoms with Crippen molar-refractivity contribution >= 4 is 17.4 Å². The van der Waals surface area contributed by atoms with E-state index in [4.69, 9.17) is 11.0 Å². The molecule has 80 valence electrons. The Balaban J connectivity index is 2.36. The summed E-state index contributed by atoms with van der Waals surface area (Å²) in [5, 5.41) is 10.2. The summed E-state index contributed by atoms with van der Waals surface area (Å²) in [5.41, 5.74) is 6.66. The van der Waals surface area contributed by atoms with Crippen molar-refractivity contribution in [3.63, 3.8) is 0 Å². The maximum absolute atomic E-state index is 8.84. The molecule has 2 aromatic heterocycles. The maximum atomic E-state index is 8.84. The van der Waals surface area contributed by atoms with Crippen LogP contribution in [0, 0.1) is 11.3 Å². The van der Waals surface area contributed by atoms with E-state index in [1.165, 1.54) is 11.8 Å². The highest BCUT2D eigenvalue weighted by atomic mass is 32.2.